The first-order valence-electron chi connectivity index (χ1n) is 7.07. The van der Waals surface area contributed by atoms with Crippen LogP contribution in [-0.2, 0) is 11.3 Å². The molecule has 19 heavy (non-hydrogen) atoms. The molecular weight excluding hydrogens is 244 g/mol. The molecule has 1 atom stereocenters. The van der Waals surface area contributed by atoms with Crippen LogP contribution in [0.2, 0.25) is 0 Å². The van der Waals surface area contributed by atoms with Gasteiger partial charge in [-0.1, -0.05) is 11.6 Å². The Labute approximate surface area is 114 Å². The zero-order valence-corrected chi connectivity index (χ0v) is 11.8. The van der Waals surface area contributed by atoms with Gasteiger partial charge >= 0.3 is 0 Å². The molecule has 0 bridgehead atoms. The highest BCUT2D eigenvalue weighted by Crippen LogP contribution is 2.14. The van der Waals surface area contributed by atoms with Crippen molar-refractivity contribution in [2.24, 2.45) is 5.73 Å². The molecule has 0 radical (unpaired) electrons. The van der Waals surface area contributed by atoms with Crippen LogP contribution < -0.4 is 5.73 Å². The SMILES string of the molecule is CC(C)OCc1nc(C(N)CN2CCCCC2)no1. The van der Waals surface area contributed by atoms with E-state index in [0.29, 0.717) is 18.3 Å². The van der Waals surface area contributed by atoms with Crippen molar-refractivity contribution >= 4 is 0 Å². The Morgan fingerprint density at radius 3 is 2.74 bits per heavy atom. The van der Waals surface area contributed by atoms with E-state index >= 15 is 0 Å². The van der Waals surface area contributed by atoms with Gasteiger partial charge in [0.15, 0.2) is 5.82 Å². The number of nitrogens with two attached hydrogens (primary N) is 1. The first-order valence-corrected chi connectivity index (χ1v) is 7.07. The lowest BCUT2D eigenvalue weighted by atomic mass is 10.1. The molecule has 1 aromatic heterocycles. The fourth-order valence-corrected chi connectivity index (χ4v) is 2.22. The maximum absolute atomic E-state index is 6.13. The normalized spacial score (nSPS) is 18.9. The summed E-state index contributed by atoms with van der Waals surface area (Å²) in [4.78, 5) is 6.66. The Kier molecular flexibility index (Phi) is 5.30. The summed E-state index contributed by atoms with van der Waals surface area (Å²) < 4.78 is 10.6. The van der Waals surface area contributed by atoms with Gasteiger partial charge in [-0.15, -0.1) is 0 Å². The van der Waals surface area contributed by atoms with Gasteiger partial charge in [-0.2, -0.15) is 4.98 Å². The molecule has 6 heteroatoms. The summed E-state index contributed by atoms with van der Waals surface area (Å²) in [5.74, 6) is 1.07. The molecule has 0 amide bonds. The van der Waals surface area contributed by atoms with Crippen LogP contribution >= 0.6 is 0 Å². The molecule has 1 unspecified atom stereocenters. The van der Waals surface area contributed by atoms with Gasteiger partial charge in [0.25, 0.3) is 5.89 Å². The van der Waals surface area contributed by atoms with Crippen molar-refractivity contribution in [3.05, 3.63) is 11.7 Å². The van der Waals surface area contributed by atoms with Gasteiger partial charge in [-0.05, 0) is 39.8 Å². The number of piperidine rings is 1. The molecule has 6 nitrogen and oxygen atoms in total. The van der Waals surface area contributed by atoms with Crippen molar-refractivity contribution in [2.75, 3.05) is 19.6 Å². The number of likely N-dealkylation sites (tertiary alicyclic amines) is 1. The van der Waals surface area contributed by atoms with Gasteiger partial charge in [0.1, 0.15) is 6.61 Å². The predicted molar refractivity (Wildman–Crippen MR) is 71.4 cm³/mol. The molecule has 0 aromatic carbocycles. The van der Waals surface area contributed by atoms with E-state index in [4.69, 9.17) is 15.0 Å². The van der Waals surface area contributed by atoms with E-state index < -0.39 is 0 Å². The Balaban J connectivity index is 1.82. The highest BCUT2D eigenvalue weighted by atomic mass is 16.5. The molecule has 1 aromatic rings. The number of ether oxygens (including phenoxy) is 1. The van der Waals surface area contributed by atoms with Gasteiger partial charge in [-0.25, -0.2) is 0 Å². The van der Waals surface area contributed by atoms with Crippen LogP contribution in [0.5, 0.6) is 0 Å². The molecule has 108 valence electrons. The standard InChI is InChI=1S/C13H24N4O2/c1-10(2)18-9-12-15-13(16-19-12)11(14)8-17-6-4-3-5-7-17/h10-11H,3-9,14H2,1-2H3. The zero-order valence-electron chi connectivity index (χ0n) is 11.8. The molecule has 2 heterocycles. The quantitative estimate of drug-likeness (QED) is 0.842. The van der Waals surface area contributed by atoms with Crippen molar-refractivity contribution in [2.45, 2.75) is 51.9 Å². The molecule has 1 saturated heterocycles. The third-order valence-corrected chi connectivity index (χ3v) is 3.26. The van der Waals surface area contributed by atoms with Gasteiger partial charge in [0.05, 0.1) is 12.1 Å². The zero-order chi connectivity index (χ0) is 13.7. The summed E-state index contributed by atoms with van der Waals surface area (Å²) in [5, 5.41) is 3.94. The summed E-state index contributed by atoms with van der Waals surface area (Å²) >= 11 is 0. The Bertz CT molecular complexity index is 374. The average molecular weight is 268 g/mol. The van der Waals surface area contributed by atoms with E-state index in [9.17, 15) is 0 Å². The number of hydrogen-bond donors (Lipinski definition) is 1. The summed E-state index contributed by atoms with van der Waals surface area (Å²) in [6.07, 6.45) is 3.99. The molecule has 1 fully saturated rings. The maximum Gasteiger partial charge on any atom is 0.252 e. The van der Waals surface area contributed by atoms with Gasteiger partial charge in [0.2, 0.25) is 0 Å². The molecule has 0 spiro atoms. The minimum absolute atomic E-state index is 0.150. The maximum atomic E-state index is 6.13. The molecule has 0 aliphatic carbocycles. The van der Waals surface area contributed by atoms with Gasteiger partial charge < -0.3 is 19.9 Å². The highest BCUT2D eigenvalue weighted by molar-refractivity contribution is 4.94. The van der Waals surface area contributed by atoms with Gasteiger partial charge in [0, 0.05) is 6.54 Å². The van der Waals surface area contributed by atoms with Crippen molar-refractivity contribution < 1.29 is 9.26 Å². The summed E-state index contributed by atoms with van der Waals surface area (Å²) in [6.45, 7) is 7.33. The van der Waals surface area contributed by atoms with E-state index in [-0.39, 0.29) is 12.1 Å². The minimum Gasteiger partial charge on any atom is -0.369 e. The van der Waals surface area contributed by atoms with E-state index in [2.05, 4.69) is 15.0 Å². The second-order valence-electron chi connectivity index (χ2n) is 5.37. The predicted octanol–water partition coefficient (Wildman–Crippen LogP) is 1.48. The minimum atomic E-state index is -0.186. The van der Waals surface area contributed by atoms with Crippen LogP contribution in [-0.4, -0.2) is 40.8 Å². The summed E-state index contributed by atoms with van der Waals surface area (Å²) in [7, 11) is 0. The lowest BCUT2D eigenvalue weighted by Crippen LogP contribution is -2.36. The largest absolute Gasteiger partial charge is 0.369 e. The number of nitrogens with zero attached hydrogens (tertiary/aromatic N) is 3. The van der Waals surface area contributed by atoms with Crippen molar-refractivity contribution in [1.82, 2.24) is 15.0 Å². The highest BCUT2D eigenvalue weighted by Gasteiger charge is 2.19. The molecule has 2 rings (SSSR count). The van der Waals surface area contributed by atoms with Crippen molar-refractivity contribution in [3.63, 3.8) is 0 Å². The van der Waals surface area contributed by atoms with E-state index in [0.717, 1.165) is 19.6 Å². The second kappa shape index (κ2) is 6.98. The fraction of sp³-hybridized carbons (Fsp3) is 0.846. The van der Waals surface area contributed by atoms with E-state index in [1.807, 2.05) is 13.8 Å². The third-order valence-electron chi connectivity index (χ3n) is 3.26. The van der Waals surface area contributed by atoms with Crippen LogP contribution in [0.1, 0.15) is 50.9 Å². The fourth-order valence-electron chi connectivity index (χ4n) is 2.22. The number of rotatable bonds is 6. The van der Waals surface area contributed by atoms with Crippen molar-refractivity contribution in [1.29, 1.82) is 0 Å². The van der Waals surface area contributed by atoms with Crippen LogP contribution in [0.4, 0.5) is 0 Å². The number of aromatic nitrogens is 2. The lowest BCUT2D eigenvalue weighted by molar-refractivity contribution is 0.0485. The Morgan fingerprint density at radius 2 is 2.05 bits per heavy atom. The first kappa shape index (κ1) is 14.4. The third kappa shape index (κ3) is 4.56. The van der Waals surface area contributed by atoms with E-state index in [1.165, 1.54) is 19.3 Å². The molecule has 0 saturated carbocycles. The molecule has 1 aliphatic rings. The average Bonchev–Trinajstić information content (AvgIpc) is 2.86. The van der Waals surface area contributed by atoms with Crippen LogP contribution in [0, 0.1) is 0 Å². The number of hydrogen-bond acceptors (Lipinski definition) is 6. The summed E-state index contributed by atoms with van der Waals surface area (Å²) in [6, 6.07) is -0.186. The Hall–Kier alpha value is -0.980. The molecule has 2 N–H and O–H groups in total. The van der Waals surface area contributed by atoms with Crippen LogP contribution in [0.3, 0.4) is 0 Å². The Morgan fingerprint density at radius 1 is 1.32 bits per heavy atom. The van der Waals surface area contributed by atoms with Crippen molar-refractivity contribution in [3.8, 4) is 0 Å². The lowest BCUT2D eigenvalue weighted by Gasteiger charge is -2.27. The smallest absolute Gasteiger partial charge is 0.252 e. The monoisotopic (exact) mass is 268 g/mol. The molecular formula is C13H24N4O2. The van der Waals surface area contributed by atoms with E-state index in [1.54, 1.807) is 0 Å². The van der Waals surface area contributed by atoms with Crippen LogP contribution in [0.15, 0.2) is 4.52 Å². The topological polar surface area (TPSA) is 77.4 Å². The van der Waals surface area contributed by atoms with Crippen LogP contribution in [0.25, 0.3) is 0 Å². The first-order chi connectivity index (χ1) is 9.15. The second-order valence-corrected chi connectivity index (χ2v) is 5.37. The van der Waals surface area contributed by atoms with Gasteiger partial charge in [-0.3, -0.25) is 0 Å². The molecule has 1 aliphatic heterocycles. The summed E-state index contributed by atoms with van der Waals surface area (Å²) in [5.41, 5.74) is 6.13.